The minimum atomic E-state index is -0.402. The van der Waals surface area contributed by atoms with Gasteiger partial charge in [0, 0.05) is 30.4 Å². The van der Waals surface area contributed by atoms with Crippen molar-refractivity contribution < 1.29 is 14.6 Å². The van der Waals surface area contributed by atoms with Gasteiger partial charge in [-0.15, -0.1) is 11.3 Å². The van der Waals surface area contributed by atoms with Crippen molar-refractivity contribution in [2.24, 2.45) is 5.92 Å². The monoisotopic (exact) mass is 332 g/mol. The molecule has 1 saturated heterocycles. The van der Waals surface area contributed by atoms with E-state index in [4.69, 9.17) is 4.74 Å². The second-order valence-corrected chi connectivity index (χ2v) is 6.62. The lowest BCUT2D eigenvalue weighted by atomic mass is 10.1. The Labute approximate surface area is 139 Å². The zero-order valence-corrected chi connectivity index (χ0v) is 13.7. The third kappa shape index (κ3) is 3.55. The largest absolute Gasteiger partial charge is 0.495 e. The van der Waals surface area contributed by atoms with Gasteiger partial charge in [0.05, 0.1) is 13.2 Å². The summed E-state index contributed by atoms with van der Waals surface area (Å²) in [5.74, 6) is 0.475. The minimum absolute atomic E-state index is 0.0542. The van der Waals surface area contributed by atoms with Crippen LogP contribution in [0.5, 0.6) is 5.75 Å². The van der Waals surface area contributed by atoms with Crippen molar-refractivity contribution >= 4 is 17.2 Å². The second kappa shape index (κ2) is 7.12. The highest BCUT2D eigenvalue weighted by atomic mass is 32.1. The standard InChI is InChI=1S/C17H20N2O3S/c1-22-14-7-15(11-5-3-2-4-6-11)23-16(14)17(21)19-9-12-8-18-10-13(12)20/h2-7,12-13,18,20H,8-10H2,1H3,(H,19,21). The fourth-order valence-corrected chi connectivity index (χ4v) is 3.71. The first-order valence-corrected chi connectivity index (χ1v) is 8.41. The van der Waals surface area contributed by atoms with Gasteiger partial charge in [0.2, 0.25) is 0 Å². The van der Waals surface area contributed by atoms with Crippen molar-refractivity contribution in [3.8, 4) is 16.2 Å². The summed E-state index contributed by atoms with van der Waals surface area (Å²) in [5, 5.41) is 15.8. The zero-order chi connectivity index (χ0) is 16.2. The molecule has 0 saturated carbocycles. The van der Waals surface area contributed by atoms with Gasteiger partial charge in [0.25, 0.3) is 5.91 Å². The Kier molecular flexibility index (Phi) is 4.95. The molecule has 1 aliphatic heterocycles. The molecular weight excluding hydrogens is 312 g/mol. The lowest BCUT2D eigenvalue weighted by molar-refractivity contribution is 0.0928. The van der Waals surface area contributed by atoms with Gasteiger partial charge in [-0.2, -0.15) is 0 Å². The third-order valence-corrected chi connectivity index (χ3v) is 5.18. The first-order chi connectivity index (χ1) is 11.2. The van der Waals surface area contributed by atoms with Crippen LogP contribution in [0, 0.1) is 5.92 Å². The van der Waals surface area contributed by atoms with Gasteiger partial charge in [-0.1, -0.05) is 30.3 Å². The van der Waals surface area contributed by atoms with E-state index < -0.39 is 6.10 Å². The summed E-state index contributed by atoms with van der Waals surface area (Å²) >= 11 is 1.41. The molecule has 0 bridgehead atoms. The maximum Gasteiger partial charge on any atom is 0.265 e. The second-order valence-electron chi connectivity index (χ2n) is 5.57. The van der Waals surface area contributed by atoms with Crippen LogP contribution in [-0.4, -0.2) is 43.9 Å². The molecule has 1 amide bonds. The number of hydrogen-bond donors (Lipinski definition) is 3. The van der Waals surface area contributed by atoms with E-state index >= 15 is 0 Å². The van der Waals surface area contributed by atoms with Gasteiger partial charge in [0.15, 0.2) is 0 Å². The van der Waals surface area contributed by atoms with Gasteiger partial charge in [-0.05, 0) is 11.6 Å². The van der Waals surface area contributed by atoms with Crippen LogP contribution in [0.25, 0.3) is 10.4 Å². The zero-order valence-electron chi connectivity index (χ0n) is 12.9. The highest BCUT2D eigenvalue weighted by molar-refractivity contribution is 7.17. The quantitative estimate of drug-likeness (QED) is 0.780. The molecule has 3 N–H and O–H groups in total. The summed E-state index contributed by atoms with van der Waals surface area (Å²) < 4.78 is 5.35. The number of β-amino-alcohol motifs (C(OH)–C–C–N with tert-alkyl or cyclic N) is 1. The minimum Gasteiger partial charge on any atom is -0.495 e. The number of aliphatic hydroxyl groups excluding tert-OH is 1. The van der Waals surface area contributed by atoms with Crippen LogP contribution in [0.4, 0.5) is 0 Å². The van der Waals surface area contributed by atoms with Gasteiger partial charge in [-0.25, -0.2) is 0 Å². The molecule has 122 valence electrons. The number of thiophene rings is 1. The molecule has 2 unspecified atom stereocenters. The fraction of sp³-hybridized carbons (Fsp3) is 0.353. The number of hydrogen-bond acceptors (Lipinski definition) is 5. The molecule has 0 radical (unpaired) electrons. The number of carbonyl (C=O) groups is 1. The Hall–Kier alpha value is -1.89. The number of benzene rings is 1. The summed E-state index contributed by atoms with van der Waals surface area (Å²) in [7, 11) is 1.57. The summed E-state index contributed by atoms with van der Waals surface area (Å²) in [6.45, 7) is 1.76. The van der Waals surface area contributed by atoms with E-state index in [0.29, 0.717) is 23.7 Å². The maximum atomic E-state index is 12.4. The predicted octanol–water partition coefficient (Wildman–Crippen LogP) is 1.73. The van der Waals surface area contributed by atoms with E-state index in [1.165, 1.54) is 11.3 Å². The number of aliphatic hydroxyl groups is 1. The molecule has 2 aromatic rings. The van der Waals surface area contributed by atoms with Crippen LogP contribution in [0.3, 0.4) is 0 Å². The van der Waals surface area contributed by atoms with Crippen LogP contribution in [0.1, 0.15) is 9.67 Å². The molecule has 3 rings (SSSR count). The predicted molar refractivity (Wildman–Crippen MR) is 91.0 cm³/mol. The molecule has 0 spiro atoms. The Morgan fingerprint density at radius 2 is 2.17 bits per heavy atom. The molecular formula is C17H20N2O3S. The Balaban J connectivity index is 1.73. The molecule has 1 fully saturated rings. The van der Waals surface area contributed by atoms with Crippen molar-refractivity contribution in [2.75, 3.05) is 26.7 Å². The van der Waals surface area contributed by atoms with Crippen molar-refractivity contribution in [2.45, 2.75) is 6.10 Å². The number of carbonyl (C=O) groups excluding carboxylic acids is 1. The highest BCUT2D eigenvalue weighted by Crippen LogP contribution is 2.36. The fourth-order valence-electron chi connectivity index (χ4n) is 2.66. The number of amides is 1. The van der Waals surface area contributed by atoms with E-state index in [1.54, 1.807) is 7.11 Å². The van der Waals surface area contributed by atoms with Crippen molar-refractivity contribution in [3.63, 3.8) is 0 Å². The number of methoxy groups -OCH3 is 1. The van der Waals surface area contributed by atoms with Crippen molar-refractivity contribution in [1.29, 1.82) is 0 Å². The summed E-state index contributed by atoms with van der Waals surface area (Å²) in [5.41, 5.74) is 1.06. The topological polar surface area (TPSA) is 70.6 Å². The molecule has 1 aromatic carbocycles. The first-order valence-electron chi connectivity index (χ1n) is 7.59. The normalized spacial score (nSPS) is 20.4. The Bertz CT molecular complexity index is 672. The lowest BCUT2D eigenvalue weighted by Gasteiger charge is -2.13. The molecule has 1 aliphatic rings. The first kappa shape index (κ1) is 16.0. The van der Waals surface area contributed by atoms with Gasteiger partial charge >= 0.3 is 0 Å². The summed E-state index contributed by atoms with van der Waals surface area (Å²) in [4.78, 5) is 14.0. The molecule has 5 nitrogen and oxygen atoms in total. The molecule has 0 aliphatic carbocycles. The van der Waals surface area contributed by atoms with Crippen molar-refractivity contribution in [3.05, 3.63) is 41.3 Å². The number of rotatable bonds is 5. The SMILES string of the molecule is COc1cc(-c2ccccc2)sc1C(=O)NCC1CNCC1O. The molecule has 2 heterocycles. The van der Waals surface area contributed by atoms with Gasteiger partial charge in [-0.3, -0.25) is 4.79 Å². The molecule has 6 heteroatoms. The van der Waals surface area contributed by atoms with E-state index in [9.17, 15) is 9.90 Å². The Morgan fingerprint density at radius 3 is 2.83 bits per heavy atom. The van der Waals surface area contributed by atoms with E-state index in [-0.39, 0.29) is 11.8 Å². The van der Waals surface area contributed by atoms with Gasteiger partial charge < -0.3 is 20.5 Å². The number of nitrogens with one attached hydrogen (secondary N) is 2. The van der Waals surface area contributed by atoms with Gasteiger partial charge in [0.1, 0.15) is 10.6 Å². The Morgan fingerprint density at radius 1 is 1.39 bits per heavy atom. The number of ether oxygens (including phenoxy) is 1. The van der Waals surface area contributed by atoms with Crippen LogP contribution in [-0.2, 0) is 0 Å². The summed E-state index contributed by atoms with van der Waals surface area (Å²) in [6.07, 6.45) is -0.402. The molecule has 1 aromatic heterocycles. The van der Waals surface area contributed by atoms with Crippen LogP contribution in [0.2, 0.25) is 0 Å². The van der Waals surface area contributed by atoms with Crippen LogP contribution < -0.4 is 15.4 Å². The van der Waals surface area contributed by atoms with Crippen molar-refractivity contribution in [1.82, 2.24) is 10.6 Å². The average Bonchev–Trinajstić information content (AvgIpc) is 3.19. The smallest absolute Gasteiger partial charge is 0.265 e. The van der Waals surface area contributed by atoms with Crippen LogP contribution in [0.15, 0.2) is 36.4 Å². The summed E-state index contributed by atoms with van der Waals surface area (Å²) in [6, 6.07) is 11.8. The third-order valence-electron chi connectivity index (χ3n) is 4.01. The molecule has 23 heavy (non-hydrogen) atoms. The average molecular weight is 332 g/mol. The molecule has 2 atom stereocenters. The van der Waals surface area contributed by atoms with Crippen LogP contribution >= 0.6 is 11.3 Å². The highest BCUT2D eigenvalue weighted by Gasteiger charge is 2.26. The van der Waals surface area contributed by atoms with E-state index in [2.05, 4.69) is 10.6 Å². The van der Waals surface area contributed by atoms with E-state index in [1.807, 2.05) is 36.4 Å². The lowest BCUT2D eigenvalue weighted by Crippen LogP contribution is -2.34. The van der Waals surface area contributed by atoms with E-state index in [0.717, 1.165) is 17.0 Å². The maximum absolute atomic E-state index is 12.4.